The largest absolute Gasteiger partial charge is 0.508 e. The number of benzene rings is 3. The number of fused-ring (bicyclic) bond motifs is 1. The molecule has 0 aliphatic carbocycles. The Kier molecular flexibility index (Phi) is 6.52. The van der Waals surface area contributed by atoms with Crippen molar-refractivity contribution < 1.29 is 9.90 Å². The summed E-state index contributed by atoms with van der Waals surface area (Å²) in [6, 6.07) is 26.7. The van der Waals surface area contributed by atoms with Gasteiger partial charge in [0.15, 0.2) is 0 Å². The molecule has 6 nitrogen and oxygen atoms in total. The van der Waals surface area contributed by atoms with Gasteiger partial charge >= 0.3 is 0 Å². The van der Waals surface area contributed by atoms with Crippen molar-refractivity contribution in [3.8, 4) is 16.9 Å². The number of carbonyl (C=O) groups is 1. The van der Waals surface area contributed by atoms with E-state index in [9.17, 15) is 9.90 Å². The summed E-state index contributed by atoms with van der Waals surface area (Å²) in [5, 5.41) is 12.1. The van der Waals surface area contributed by atoms with Crippen molar-refractivity contribution in [2.75, 3.05) is 0 Å². The fraction of sp³-hybridized carbons (Fsp3) is 0.133. The Hall–Kier alpha value is -4.42. The second-order valence-corrected chi connectivity index (χ2v) is 8.98. The van der Waals surface area contributed by atoms with E-state index in [1.807, 2.05) is 54.6 Å². The van der Waals surface area contributed by atoms with Gasteiger partial charge in [-0.25, -0.2) is 5.84 Å². The normalized spacial score (nSPS) is 11.9. The molecule has 3 aromatic carbocycles. The van der Waals surface area contributed by atoms with Crippen LogP contribution in [0.15, 0.2) is 97.3 Å². The van der Waals surface area contributed by atoms with E-state index >= 15 is 0 Å². The lowest BCUT2D eigenvalue weighted by Gasteiger charge is -2.29. The van der Waals surface area contributed by atoms with Crippen molar-refractivity contribution in [2.24, 2.45) is 5.84 Å². The number of carbonyl (C=O) groups excluding carboxylic acids is 1. The van der Waals surface area contributed by atoms with Crippen LogP contribution in [0.25, 0.3) is 22.0 Å². The van der Waals surface area contributed by atoms with E-state index in [4.69, 9.17) is 10.8 Å². The molecule has 0 spiro atoms. The zero-order valence-electron chi connectivity index (χ0n) is 20.1. The van der Waals surface area contributed by atoms with Crippen LogP contribution in [-0.2, 0) is 17.6 Å². The molecule has 0 fully saturated rings. The molecule has 2 heterocycles. The highest BCUT2D eigenvalue weighted by Crippen LogP contribution is 2.33. The molecule has 0 unspecified atom stereocenters. The predicted octanol–water partition coefficient (Wildman–Crippen LogP) is 5.47. The van der Waals surface area contributed by atoms with E-state index in [0.29, 0.717) is 6.42 Å². The summed E-state index contributed by atoms with van der Waals surface area (Å²) in [6.07, 6.45) is 4.16. The molecule has 5 rings (SSSR count). The molecule has 1 amide bonds. The van der Waals surface area contributed by atoms with Crippen molar-refractivity contribution in [1.82, 2.24) is 15.0 Å². The third kappa shape index (κ3) is 4.72. The number of hydrazine groups is 1. The molecule has 6 heteroatoms. The topological polar surface area (TPSA) is 95.2 Å². The Morgan fingerprint density at radius 3 is 2.56 bits per heavy atom. The summed E-state index contributed by atoms with van der Waals surface area (Å²) in [7, 11) is 0. The van der Waals surface area contributed by atoms with Gasteiger partial charge in [0.2, 0.25) is 5.91 Å². The van der Waals surface area contributed by atoms with Gasteiger partial charge in [0.05, 0.1) is 18.2 Å². The summed E-state index contributed by atoms with van der Waals surface area (Å²) in [5.74, 6) is 6.52. The Labute approximate surface area is 210 Å². The molecule has 0 radical (unpaired) electrons. The molecule has 36 heavy (non-hydrogen) atoms. The smallest absolute Gasteiger partial charge is 0.241 e. The third-order valence-corrected chi connectivity index (χ3v) is 6.58. The van der Waals surface area contributed by atoms with Crippen LogP contribution in [0.4, 0.5) is 0 Å². The molecule has 1 atom stereocenters. The second-order valence-electron chi connectivity index (χ2n) is 8.98. The highest BCUT2D eigenvalue weighted by atomic mass is 16.3. The van der Waals surface area contributed by atoms with Gasteiger partial charge in [0.1, 0.15) is 5.75 Å². The molecule has 0 aliphatic rings. The summed E-state index contributed by atoms with van der Waals surface area (Å²) < 4.78 is 0. The molecule has 2 aromatic heterocycles. The van der Waals surface area contributed by atoms with Crippen LogP contribution in [0.5, 0.6) is 5.75 Å². The number of nitrogens with one attached hydrogen (secondary N) is 1. The lowest BCUT2D eigenvalue weighted by molar-refractivity contribution is -0.133. The maximum atomic E-state index is 13.6. The first-order valence-corrected chi connectivity index (χ1v) is 11.9. The molecular weight excluding hydrogens is 448 g/mol. The summed E-state index contributed by atoms with van der Waals surface area (Å²) >= 11 is 0. The molecule has 180 valence electrons. The minimum Gasteiger partial charge on any atom is -0.508 e. The van der Waals surface area contributed by atoms with E-state index in [-0.39, 0.29) is 18.1 Å². The predicted molar refractivity (Wildman–Crippen MR) is 142 cm³/mol. The van der Waals surface area contributed by atoms with Gasteiger partial charge in [0, 0.05) is 35.3 Å². The van der Waals surface area contributed by atoms with Crippen LogP contribution >= 0.6 is 0 Å². The van der Waals surface area contributed by atoms with Gasteiger partial charge < -0.3 is 10.1 Å². The zero-order valence-corrected chi connectivity index (χ0v) is 20.1. The Bertz CT molecular complexity index is 1510. The number of H-pyrrole nitrogens is 1. The first-order valence-electron chi connectivity index (χ1n) is 11.9. The molecule has 0 saturated heterocycles. The first-order chi connectivity index (χ1) is 17.5. The highest BCUT2D eigenvalue weighted by Gasteiger charge is 2.28. The number of aromatic hydroxyl groups is 1. The average molecular weight is 477 g/mol. The van der Waals surface area contributed by atoms with Gasteiger partial charge in [-0.1, -0.05) is 60.7 Å². The Morgan fingerprint density at radius 2 is 1.75 bits per heavy atom. The monoisotopic (exact) mass is 476 g/mol. The van der Waals surface area contributed by atoms with Gasteiger partial charge in [0.25, 0.3) is 0 Å². The minimum absolute atomic E-state index is 0.0950. The summed E-state index contributed by atoms with van der Waals surface area (Å²) in [5.41, 5.74) is 6.58. The van der Waals surface area contributed by atoms with Crippen molar-refractivity contribution in [2.45, 2.75) is 25.8 Å². The average Bonchev–Trinajstić information content (AvgIpc) is 3.29. The molecule has 4 N–H and O–H groups in total. The number of phenolic OH excluding ortho intramolecular Hbond substituents is 1. The second kappa shape index (κ2) is 10.1. The van der Waals surface area contributed by atoms with Crippen LogP contribution in [0, 0.1) is 6.92 Å². The van der Waals surface area contributed by atoms with E-state index < -0.39 is 6.04 Å². The summed E-state index contributed by atoms with van der Waals surface area (Å²) in [6.45, 7) is 2.07. The quantitative estimate of drug-likeness (QED) is 0.165. The number of aryl methyl sites for hydroxylation is 1. The fourth-order valence-electron chi connectivity index (χ4n) is 4.69. The van der Waals surface area contributed by atoms with Crippen LogP contribution in [0.1, 0.15) is 28.4 Å². The third-order valence-electron chi connectivity index (χ3n) is 6.58. The number of hydrogen-bond donors (Lipinski definition) is 3. The number of nitrogens with two attached hydrogens (primary N) is 1. The van der Waals surface area contributed by atoms with Crippen molar-refractivity contribution in [1.29, 1.82) is 0 Å². The number of pyridine rings is 1. The molecule has 0 saturated carbocycles. The van der Waals surface area contributed by atoms with Crippen LogP contribution in [-0.4, -0.2) is 26.0 Å². The minimum atomic E-state index is -0.477. The lowest BCUT2D eigenvalue weighted by Crippen LogP contribution is -2.43. The van der Waals surface area contributed by atoms with Crippen molar-refractivity contribution in [3.63, 3.8) is 0 Å². The summed E-state index contributed by atoms with van der Waals surface area (Å²) in [4.78, 5) is 21.5. The molecule has 0 bridgehead atoms. The Balaban J connectivity index is 1.53. The van der Waals surface area contributed by atoms with Gasteiger partial charge in [-0.05, 0) is 53.4 Å². The van der Waals surface area contributed by atoms with Crippen LogP contribution in [0.3, 0.4) is 0 Å². The van der Waals surface area contributed by atoms with Gasteiger partial charge in [-0.3, -0.25) is 14.8 Å². The van der Waals surface area contributed by atoms with Gasteiger partial charge in [-0.15, -0.1) is 0 Å². The lowest BCUT2D eigenvalue weighted by atomic mass is 9.93. The molecule has 5 aromatic rings. The SMILES string of the molecule is Cc1ccccc1-c1cccnc1[C@H](Cc1ccccc1)N(N)C(=O)Cc1c[nH]c2ccc(O)cc12. The standard InChI is InChI=1S/C30H28N4O2/c1-20-8-5-6-11-24(20)25-12-7-15-32-30(25)28(16-21-9-3-2-4-10-21)34(31)29(36)17-22-19-33-27-14-13-23(35)18-26(22)27/h2-15,18-19,28,33,35H,16-17,31H2,1H3/t28-/m0/s1. The number of nitrogens with zero attached hydrogens (tertiary/aromatic N) is 2. The fourth-order valence-corrected chi connectivity index (χ4v) is 4.69. The van der Waals surface area contributed by atoms with E-state index in [0.717, 1.165) is 44.4 Å². The molecule has 0 aliphatic heterocycles. The van der Waals surface area contributed by atoms with Crippen LogP contribution in [0.2, 0.25) is 0 Å². The van der Waals surface area contributed by atoms with E-state index in [1.54, 1.807) is 30.6 Å². The molecular formula is C30H28N4O2. The maximum absolute atomic E-state index is 13.6. The number of aromatic nitrogens is 2. The number of amides is 1. The van der Waals surface area contributed by atoms with Gasteiger partial charge in [-0.2, -0.15) is 0 Å². The Morgan fingerprint density at radius 1 is 1.00 bits per heavy atom. The zero-order chi connectivity index (χ0) is 25.1. The first kappa shape index (κ1) is 23.3. The number of aromatic amines is 1. The van der Waals surface area contributed by atoms with Crippen LogP contribution < -0.4 is 5.84 Å². The maximum Gasteiger partial charge on any atom is 0.241 e. The van der Waals surface area contributed by atoms with Crippen molar-refractivity contribution >= 4 is 16.8 Å². The number of rotatable bonds is 7. The van der Waals surface area contributed by atoms with E-state index in [2.05, 4.69) is 24.0 Å². The number of phenols is 1. The highest BCUT2D eigenvalue weighted by molar-refractivity contribution is 5.89. The van der Waals surface area contributed by atoms with E-state index in [1.165, 1.54) is 5.01 Å². The van der Waals surface area contributed by atoms with Crippen molar-refractivity contribution in [3.05, 3.63) is 120 Å². The number of hydrogen-bond acceptors (Lipinski definition) is 4.